The van der Waals surface area contributed by atoms with Crippen molar-refractivity contribution in [1.82, 2.24) is 15.2 Å². The molecule has 2 saturated heterocycles. The zero-order valence-corrected chi connectivity index (χ0v) is 11.8. The van der Waals surface area contributed by atoms with Gasteiger partial charge in [-0.15, -0.1) is 0 Å². The van der Waals surface area contributed by atoms with Gasteiger partial charge in [0.15, 0.2) is 0 Å². The summed E-state index contributed by atoms with van der Waals surface area (Å²) < 4.78 is 6.12. The third-order valence-corrected chi connectivity index (χ3v) is 4.51. The first-order valence-corrected chi connectivity index (χ1v) is 7.23. The van der Waals surface area contributed by atoms with Gasteiger partial charge in [-0.2, -0.15) is 0 Å². The summed E-state index contributed by atoms with van der Waals surface area (Å²) in [6, 6.07) is 2.96. The van der Waals surface area contributed by atoms with Gasteiger partial charge in [0, 0.05) is 25.0 Å². The molecule has 3 unspecified atom stereocenters. The number of nitrogens with zero attached hydrogens (tertiary/aromatic N) is 2. The first-order valence-electron chi connectivity index (χ1n) is 7.23. The van der Waals surface area contributed by atoms with Crippen molar-refractivity contribution in [3.05, 3.63) is 29.6 Å². The van der Waals surface area contributed by atoms with Crippen molar-refractivity contribution in [3.63, 3.8) is 0 Å². The average molecular weight is 261 g/mol. The number of fused-ring (bicyclic) bond motifs is 1. The predicted octanol–water partition coefficient (Wildman–Crippen LogP) is 1.51. The van der Waals surface area contributed by atoms with Crippen LogP contribution in [-0.4, -0.2) is 48.8 Å². The van der Waals surface area contributed by atoms with Crippen molar-refractivity contribution < 1.29 is 4.74 Å². The van der Waals surface area contributed by atoms with E-state index in [-0.39, 0.29) is 12.1 Å². The Bertz CT molecular complexity index is 437. The number of hydrogen-bond donors (Lipinski definition) is 1. The van der Waals surface area contributed by atoms with Crippen LogP contribution >= 0.6 is 0 Å². The number of likely N-dealkylation sites (N-methyl/N-ethyl adjacent to an activating group) is 1. The lowest BCUT2D eigenvalue weighted by molar-refractivity contribution is -0.0643. The van der Waals surface area contributed by atoms with Gasteiger partial charge in [0.2, 0.25) is 0 Å². The zero-order valence-electron chi connectivity index (χ0n) is 11.8. The predicted molar refractivity (Wildman–Crippen MR) is 75.1 cm³/mol. The number of rotatable bonds is 3. The molecule has 1 aromatic heterocycles. The molecular formula is C15H23N3O. The van der Waals surface area contributed by atoms with Crippen LogP contribution in [0.15, 0.2) is 18.5 Å². The van der Waals surface area contributed by atoms with E-state index in [0.717, 1.165) is 13.2 Å². The number of hydrogen-bond acceptors (Lipinski definition) is 4. The summed E-state index contributed by atoms with van der Waals surface area (Å²) in [5.41, 5.74) is 2.54. The first kappa shape index (κ1) is 13.0. The maximum atomic E-state index is 6.12. The lowest BCUT2D eigenvalue weighted by Crippen LogP contribution is -2.50. The van der Waals surface area contributed by atoms with Crippen LogP contribution in [0, 0.1) is 6.92 Å². The fourth-order valence-corrected chi connectivity index (χ4v) is 3.39. The quantitative estimate of drug-likeness (QED) is 0.895. The summed E-state index contributed by atoms with van der Waals surface area (Å²) in [5, 5.41) is 3.42. The topological polar surface area (TPSA) is 37.4 Å². The summed E-state index contributed by atoms with van der Waals surface area (Å²) in [4.78, 5) is 6.85. The molecule has 4 heteroatoms. The molecule has 0 saturated carbocycles. The van der Waals surface area contributed by atoms with Crippen LogP contribution in [0.1, 0.15) is 30.0 Å². The summed E-state index contributed by atoms with van der Waals surface area (Å²) in [5.74, 6) is 0. The minimum atomic E-state index is 0.224. The monoisotopic (exact) mass is 261 g/mol. The van der Waals surface area contributed by atoms with Crippen LogP contribution in [0.25, 0.3) is 0 Å². The summed E-state index contributed by atoms with van der Waals surface area (Å²) in [6.07, 6.45) is 6.65. The van der Waals surface area contributed by atoms with Gasteiger partial charge in [0.25, 0.3) is 0 Å². The van der Waals surface area contributed by atoms with Crippen molar-refractivity contribution in [1.29, 1.82) is 0 Å². The van der Waals surface area contributed by atoms with E-state index in [1.54, 1.807) is 0 Å². The van der Waals surface area contributed by atoms with Crippen molar-refractivity contribution in [2.45, 2.75) is 38.0 Å². The van der Waals surface area contributed by atoms with E-state index in [0.29, 0.717) is 6.04 Å². The summed E-state index contributed by atoms with van der Waals surface area (Å²) in [7, 11) is 2.01. The van der Waals surface area contributed by atoms with Gasteiger partial charge in [-0.1, -0.05) is 0 Å². The Morgan fingerprint density at radius 3 is 3.21 bits per heavy atom. The highest BCUT2D eigenvalue weighted by Gasteiger charge is 2.36. The van der Waals surface area contributed by atoms with Gasteiger partial charge in [-0.25, -0.2) is 0 Å². The second kappa shape index (κ2) is 5.57. The molecule has 2 aliphatic heterocycles. The number of morpholine rings is 1. The van der Waals surface area contributed by atoms with Gasteiger partial charge in [-0.3, -0.25) is 9.88 Å². The number of ether oxygens (including phenoxy) is 1. The average Bonchev–Trinajstić information content (AvgIpc) is 2.89. The Kier molecular flexibility index (Phi) is 3.82. The normalized spacial score (nSPS) is 29.2. The van der Waals surface area contributed by atoms with E-state index in [2.05, 4.69) is 28.2 Å². The lowest BCUT2D eigenvalue weighted by Gasteiger charge is -2.39. The molecule has 3 atom stereocenters. The molecule has 0 radical (unpaired) electrons. The fraction of sp³-hybridized carbons (Fsp3) is 0.667. The Balaban J connectivity index is 1.77. The fourth-order valence-electron chi connectivity index (χ4n) is 3.39. The molecule has 3 rings (SSSR count). The van der Waals surface area contributed by atoms with Gasteiger partial charge in [0.05, 0.1) is 18.8 Å². The van der Waals surface area contributed by atoms with E-state index < -0.39 is 0 Å². The van der Waals surface area contributed by atoms with Gasteiger partial charge in [0.1, 0.15) is 0 Å². The molecule has 0 amide bonds. The molecule has 2 aliphatic rings. The van der Waals surface area contributed by atoms with Gasteiger partial charge in [-0.05, 0) is 50.6 Å². The second-order valence-corrected chi connectivity index (χ2v) is 5.66. The van der Waals surface area contributed by atoms with Crippen molar-refractivity contribution in [2.24, 2.45) is 0 Å². The minimum absolute atomic E-state index is 0.224. The van der Waals surface area contributed by atoms with E-state index in [1.807, 2.05) is 19.4 Å². The minimum Gasteiger partial charge on any atom is -0.373 e. The van der Waals surface area contributed by atoms with Crippen molar-refractivity contribution in [3.8, 4) is 0 Å². The van der Waals surface area contributed by atoms with Crippen LogP contribution < -0.4 is 5.32 Å². The molecule has 4 nitrogen and oxygen atoms in total. The van der Waals surface area contributed by atoms with Crippen LogP contribution in [0.4, 0.5) is 0 Å². The van der Waals surface area contributed by atoms with E-state index in [1.165, 1.54) is 30.5 Å². The smallest absolute Gasteiger partial charge is 0.0897 e. The number of aromatic nitrogens is 1. The Morgan fingerprint density at radius 2 is 2.42 bits per heavy atom. The Hall–Kier alpha value is -0.970. The highest BCUT2D eigenvalue weighted by Crippen LogP contribution is 2.29. The van der Waals surface area contributed by atoms with Crippen LogP contribution in [-0.2, 0) is 4.74 Å². The SMILES string of the molecule is CNC(c1cnccc1C)C1CN2CCCC2CO1. The molecule has 19 heavy (non-hydrogen) atoms. The molecule has 104 valence electrons. The molecule has 3 heterocycles. The lowest BCUT2D eigenvalue weighted by atomic mass is 9.97. The molecule has 0 aliphatic carbocycles. The van der Waals surface area contributed by atoms with E-state index >= 15 is 0 Å². The molecule has 2 fully saturated rings. The number of nitrogens with one attached hydrogen (secondary N) is 1. The van der Waals surface area contributed by atoms with Crippen LogP contribution in [0.3, 0.4) is 0 Å². The van der Waals surface area contributed by atoms with E-state index in [4.69, 9.17) is 4.74 Å². The highest BCUT2D eigenvalue weighted by atomic mass is 16.5. The first-order chi connectivity index (χ1) is 9.29. The number of pyridine rings is 1. The molecular weight excluding hydrogens is 238 g/mol. The molecule has 0 aromatic carbocycles. The van der Waals surface area contributed by atoms with Crippen LogP contribution in [0.5, 0.6) is 0 Å². The second-order valence-electron chi connectivity index (χ2n) is 5.66. The molecule has 1 aromatic rings. The standard InChI is InChI=1S/C15H23N3O/c1-11-5-6-17-8-13(11)15(16-2)14-9-18-7-3-4-12(18)10-19-14/h5-6,8,12,14-16H,3-4,7,9-10H2,1-2H3. The largest absolute Gasteiger partial charge is 0.373 e. The highest BCUT2D eigenvalue weighted by molar-refractivity contribution is 5.26. The summed E-state index contributed by atoms with van der Waals surface area (Å²) in [6.45, 7) is 5.28. The van der Waals surface area contributed by atoms with Crippen molar-refractivity contribution >= 4 is 0 Å². The molecule has 0 spiro atoms. The molecule has 1 N–H and O–H groups in total. The maximum Gasteiger partial charge on any atom is 0.0897 e. The molecule has 0 bridgehead atoms. The van der Waals surface area contributed by atoms with Gasteiger partial charge < -0.3 is 10.1 Å². The third-order valence-electron chi connectivity index (χ3n) is 4.51. The number of aryl methyl sites for hydroxylation is 1. The Morgan fingerprint density at radius 1 is 1.53 bits per heavy atom. The van der Waals surface area contributed by atoms with E-state index in [9.17, 15) is 0 Å². The zero-order chi connectivity index (χ0) is 13.2. The van der Waals surface area contributed by atoms with Gasteiger partial charge >= 0.3 is 0 Å². The van der Waals surface area contributed by atoms with Crippen LogP contribution in [0.2, 0.25) is 0 Å². The third kappa shape index (κ3) is 2.53. The maximum absolute atomic E-state index is 6.12. The van der Waals surface area contributed by atoms with Crippen molar-refractivity contribution in [2.75, 3.05) is 26.7 Å². The Labute approximate surface area is 115 Å². The summed E-state index contributed by atoms with van der Waals surface area (Å²) >= 11 is 0.